The summed E-state index contributed by atoms with van der Waals surface area (Å²) in [6.45, 7) is 6.93. The summed E-state index contributed by atoms with van der Waals surface area (Å²) < 4.78 is 0. The molecule has 1 fully saturated rings. The molecule has 1 atom stereocenters. The minimum absolute atomic E-state index is 0.141. The molecule has 1 aliphatic rings. The van der Waals surface area contributed by atoms with Crippen molar-refractivity contribution in [3.8, 4) is 0 Å². The van der Waals surface area contributed by atoms with E-state index >= 15 is 0 Å². The van der Waals surface area contributed by atoms with E-state index in [1.54, 1.807) is 0 Å². The van der Waals surface area contributed by atoms with E-state index < -0.39 is 0 Å². The van der Waals surface area contributed by atoms with E-state index in [1.807, 2.05) is 6.07 Å². The first-order valence-corrected chi connectivity index (χ1v) is 7.91. The Morgan fingerprint density at radius 1 is 1.19 bits per heavy atom. The van der Waals surface area contributed by atoms with E-state index in [1.165, 1.54) is 31.2 Å². The van der Waals surface area contributed by atoms with Gasteiger partial charge in [-0.3, -0.25) is 0 Å². The Hall–Kier alpha value is -1.55. The van der Waals surface area contributed by atoms with Crippen LogP contribution in [0.3, 0.4) is 0 Å². The normalized spacial score (nSPS) is 20.7. The molecule has 1 heterocycles. The minimum atomic E-state index is -0.141. The molecule has 1 aromatic carbocycles. The van der Waals surface area contributed by atoms with Gasteiger partial charge < -0.3 is 15.3 Å². The number of hydrogen-bond donors (Lipinski definition) is 3. The molecule has 1 aromatic heterocycles. The van der Waals surface area contributed by atoms with Crippen LogP contribution in [-0.2, 0) is 0 Å². The van der Waals surface area contributed by atoms with Crippen molar-refractivity contribution in [1.82, 2.24) is 15.3 Å². The maximum atomic E-state index is 11.3. The predicted octanol–water partition coefficient (Wildman–Crippen LogP) is 3.48. The number of imidazole rings is 1. The number of fused-ring (bicyclic) bond motifs is 1. The fourth-order valence-electron chi connectivity index (χ4n) is 3.34. The van der Waals surface area contributed by atoms with Crippen molar-refractivity contribution in [3.63, 3.8) is 0 Å². The van der Waals surface area contributed by atoms with Crippen LogP contribution in [-0.4, -0.2) is 16.0 Å². The fourth-order valence-corrected chi connectivity index (χ4v) is 3.34. The maximum absolute atomic E-state index is 11.3. The molecule has 4 nitrogen and oxygen atoms in total. The lowest BCUT2D eigenvalue weighted by atomic mass is 9.75. The number of nitrogens with one attached hydrogen (secondary N) is 3. The molecule has 1 aliphatic carbocycles. The standard InChI is InChI=1S/C17H25N3O/c1-11(18-13-6-8-17(2,3)9-7-13)12-4-5-14-15(10-12)20-16(21)19-14/h4-5,10-11,13,18H,6-9H2,1-3H3,(H2,19,20,21). The van der Waals surface area contributed by atoms with Gasteiger partial charge in [-0.15, -0.1) is 0 Å². The van der Waals surface area contributed by atoms with Crippen LogP contribution in [0.15, 0.2) is 23.0 Å². The van der Waals surface area contributed by atoms with E-state index in [4.69, 9.17) is 0 Å². The Balaban J connectivity index is 1.69. The summed E-state index contributed by atoms with van der Waals surface area (Å²) in [6.07, 6.45) is 5.09. The lowest BCUT2D eigenvalue weighted by Crippen LogP contribution is -2.37. The monoisotopic (exact) mass is 287 g/mol. The molecule has 3 rings (SSSR count). The van der Waals surface area contributed by atoms with Gasteiger partial charge in [0.25, 0.3) is 0 Å². The first kappa shape index (κ1) is 14.4. The highest BCUT2D eigenvalue weighted by Gasteiger charge is 2.27. The summed E-state index contributed by atoms with van der Waals surface area (Å²) in [4.78, 5) is 16.9. The second kappa shape index (κ2) is 5.34. The molecular weight excluding hydrogens is 262 g/mol. The molecule has 0 saturated heterocycles. The van der Waals surface area contributed by atoms with Gasteiger partial charge >= 0.3 is 5.69 Å². The molecule has 1 saturated carbocycles. The molecule has 114 valence electrons. The van der Waals surface area contributed by atoms with Crippen LogP contribution in [0, 0.1) is 5.41 Å². The number of hydrogen-bond acceptors (Lipinski definition) is 2. The summed E-state index contributed by atoms with van der Waals surface area (Å²) in [6, 6.07) is 7.05. The van der Waals surface area contributed by atoms with Gasteiger partial charge in [0.05, 0.1) is 11.0 Å². The molecular formula is C17H25N3O. The zero-order valence-corrected chi connectivity index (χ0v) is 13.1. The number of aromatic amines is 2. The van der Waals surface area contributed by atoms with Crippen molar-refractivity contribution in [3.05, 3.63) is 34.2 Å². The Labute approximate surface area is 125 Å². The molecule has 4 heteroatoms. The van der Waals surface area contributed by atoms with Crippen LogP contribution < -0.4 is 11.0 Å². The molecule has 0 radical (unpaired) electrons. The molecule has 2 aromatic rings. The van der Waals surface area contributed by atoms with Gasteiger partial charge in [0, 0.05) is 12.1 Å². The van der Waals surface area contributed by atoms with E-state index in [2.05, 4.69) is 48.2 Å². The molecule has 0 amide bonds. The van der Waals surface area contributed by atoms with Gasteiger partial charge in [-0.1, -0.05) is 19.9 Å². The van der Waals surface area contributed by atoms with Gasteiger partial charge in [0.1, 0.15) is 0 Å². The first-order valence-electron chi connectivity index (χ1n) is 7.91. The second-order valence-corrected chi connectivity index (χ2v) is 7.21. The fraction of sp³-hybridized carbons (Fsp3) is 0.588. The first-order chi connectivity index (χ1) is 9.93. The van der Waals surface area contributed by atoms with Crippen LogP contribution in [0.25, 0.3) is 11.0 Å². The van der Waals surface area contributed by atoms with Gasteiger partial charge in [0.2, 0.25) is 0 Å². The Morgan fingerprint density at radius 2 is 1.86 bits per heavy atom. The highest BCUT2D eigenvalue weighted by Crippen LogP contribution is 2.35. The minimum Gasteiger partial charge on any atom is -0.307 e. The smallest absolute Gasteiger partial charge is 0.307 e. The quantitative estimate of drug-likeness (QED) is 0.809. The topological polar surface area (TPSA) is 60.7 Å². The summed E-state index contributed by atoms with van der Waals surface area (Å²) in [5.41, 5.74) is 3.34. The Bertz CT molecular complexity index is 673. The van der Waals surface area contributed by atoms with Crippen LogP contribution in [0.2, 0.25) is 0 Å². The zero-order chi connectivity index (χ0) is 15.0. The lowest BCUT2D eigenvalue weighted by molar-refractivity contribution is 0.200. The van der Waals surface area contributed by atoms with Gasteiger partial charge in [-0.2, -0.15) is 0 Å². The Morgan fingerprint density at radius 3 is 2.57 bits per heavy atom. The second-order valence-electron chi connectivity index (χ2n) is 7.21. The zero-order valence-electron chi connectivity index (χ0n) is 13.1. The summed E-state index contributed by atoms with van der Waals surface area (Å²) in [7, 11) is 0. The highest BCUT2D eigenvalue weighted by molar-refractivity contribution is 5.75. The molecule has 0 bridgehead atoms. The molecule has 0 spiro atoms. The van der Waals surface area contributed by atoms with E-state index in [0.717, 1.165) is 11.0 Å². The maximum Gasteiger partial charge on any atom is 0.323 e. The highest BCUT2D eigenvalue weighted by atomic mass is 16.1. The third kappa shape index (κ3) is 3.21. The van der Waals surface area contributed by atoms with Gasteiger partial charge in [0.15, 0.2) is 0 Å². The summed E-state index contributed by atoms with van der Waals surface area (Å²) in [5.74, 6) is 0. The average Bonchev–Trinajstić information content (AvgIpc) is 2.80. The molecule has 21 heavy (non-hydrogen) atoms. The predicted molar refractivity (Wildman–Crippen MR) is 86.5 cm³/mol. The lowest BCUT2D eigenvalue weighted by Gasteiger charge is -2.36. The summed E-state index contributed by atoms with van der Waals surface area (Å²) >= 11 is 0. The number of H-pyrrole nitrogens is 2. The van der Waals surface area contributed by atoms with Crippen LogP contribution in [0.1, 0.15) is 58.1 Å². The van der Waals surface area contributed by atoms with Gasteiger partial charge in [-0.25, -0.2) is 4.79 Å². The van der Waals surface area contributed by atoms with Crippen molar-refractivity contribution >= 4 is 11.0 Å². The third-order valence-corrected chi connectivity index (χ3v) is 4.86. The van der Waals surface area contributed by atoms with E-state index in [9.17, 15) is 4.79 Å². The van der Waals surface area contributed by atoms with Crippen molar-refractivity contribution in [2.45, 2.75) is 58.5 Å². The van der Waals surface area contributed by atoms with Crippen molar-refractivity contribution < 1.29 is 0 Å². The Kier molecular flexibility index (Phi) is 3.66. The van der Waals surface area contributed by atoms with E-state index in [0.29, 0.717) is 17.5 Å². The average molecular weight is 287 g/mol. The van der Waals surface area contributed by atoms with E-state index in [-0.39, 0.29) is 5.69 Å². The van der Waals surface area contributed by atoms with Gasteiger partial charge in [-0.05, 0) is 55.7 Å². The van der Waals surface area contributed by atoms with Crippen molar-refractivity contribution in [2.75, 3.05) is 0 Å². The molecule has 0 aliphatic heterocycles. The summed E-state index contributed by atoms with van der Waals surface area (Å²) in [5, 5.41) is 3.74. The number of aromatic nitrogens is 2. The number of rotatable bonds is 3. The SMILES string of the molecule is CC(NC1CCC(C)(C)CC1)c1ccc2[nH]c(=O)[nH]c2c1. The van der Waals surface area contributed by atoms with Crippen LogP contribution in [0.5, 0.6) is 0 Å². The third-order valence-electron chi connectivity index (χ3n) is 4.86. The van der Waals surface area contributed by atoms with Crippen molar-refractivity contribution in [2.24, 2.45) is 5.41 Å². The van der Waals surface area contributed by atoms with Crippen LogP contribution in [0.4, 0.5) is 0 Å². The molecule has 3 N–H and O–H groups in total. The largest absolute Gasteiger partial charge is 0.323 e. The number of benzene rings is 1. The van der Waals surface area contributed by atoms with Crippen LogP contribution >= 0.6 is 0 Å². The molecule has 1 unspecified atom stereocenters. The van der Waals surface area contributed by atoms with Crippen molar-refractivity contribution in [1.29, 1.82) is 0 Å².